The Morgan fingerprint density at radius 3 is 2.10 bits per heavy atom. The van der Waals surface area contributed by atoms with Crippen LogP contribution in [0.15, 0.2) is 30.3 Å². The number of aldehydes is 1. The van der Waals surface area contributed by atoms with Gasteiger partial charge in [0.05, 0.1) is 13.1 Å². The Kier molecular flexibility index (Phi) is 19.3. The first kappa shape index (κ1) is 28.2. The van der Waals surface area contributed by atoms with Crippen molar-refractivity contribution < 1.29 is 19.1 Å². The highest BCUT2D eigenvalue weighted by molar-refractivity contribution is 5.71. The Labute approximate surface area is 183 Å². The van der Waals surface area contributed by atoms with E-state index in [0.29, 0.717) is 19.7 Å². The van der Waals surface area contributed by atoms with Crippen LogP contribution in [0.25, 0.3) is 0 Å². The predicted octanol–water partition coefficient (Wildman–Crippen LogP) is 3.79. The molecule has 0 amide bonds. The maximum Gasteiger partial charge on any atom is 0.320 e. The third-order valence-electron chi connectivity index (χ3n) is 4.44. The van der Waals surface area contributed by atoms with E-state index in [9.17, 15) is 9.59 Å². The molecule has 6 nitrogen and oxygen atoms in total. The quantitative estimate of drug-likeness (QED) is 0.230. The van der Waals surface area contributed by atoms with Gasteiger partial charge >= 0.3 is 5.97 Å². The average molecular weight is 423 g/mol. The molecule has 0 unspecified atom stereocenters. The zero-order valence-corrected chi connectivity index (χ0v) is 19.5. The molecular weight excluding hydrogens is 380 g/mol. The Hall–Kier alpha value is -1.76. The highest BCUT2D eigenvalue weighted by Gasteiger charge is 2.13. The molecule has 0 bridgehead atoms. The summed E-state index contributed by atoms with van der Waals surface area (Å²) in [7, 11) is 1.73. The average Bonchev–Trinajstić information content (AvgIpc) is 2.76. The number of unbranched alkanes of at least 4 members (excludes halogenated alkanes) is 1. The molecule has 0 fully saturated rings. The van der Waals surface area contributed by atoms with Crippen molar-refractivity contribution in [3.8, 4) is 0 Å². The van der Waals surface area contributed by atoms with Gasteiger partial charge in [-0.3, -0.25) is 14.6 Å². The molecule has 6 heteroatoms. The summed E-state index contributed by atoms with van der Waals surface area (Å²) in [5.41, 5.74) is 0.994. The van der Waals surface area contributed by atoms with E-state index in [4.69, 9.17) is 9.47 Å². The van der Waals surface area contributed by atoms with Crippen molar-refractivity contribution in [1.82, 2.24) is 9.80 Å². The third-order valence-corrected chi connectivity index (χ3v) is 4.44. The maximum atomic E-state index is 12.1. The largest absolute Gasteiger partial charge is 0.460 e. The van der Waals surface area contributed by atoms with Gasteiger partial charge in [-0.15, -0.1) is 0 Å². The van der Waals surface area contributed by atoms with Crippen molar-refractivity contribution in [3.63, 3.8) is 0 Å². The first-order valence-corrected chi connectivity index (χ1v) is 11.2. The second-order valence-electron chi connectivity index (χ2n) is 7.24. The van der Waals surface area contributed by atoms with Crippen LogP contribution < -0.4 is 0 Å². The number of carbonyl (C=O) groups excluding carboxylic acids is 2. The molecule has 0 spiro atoms. The molecule has 0 atom stereocenters. The van der Waals surface area contributed by atoms with Crippen LogP contribution in [0.4, 0.5) is 0 Å². The molecule has 0 aliphatic heterocycles. The van der Waals surface area contributed by atoms with Crippen LogP contribution in [0.1, 0.15) is 52.0 Å². The zero-order valence-electron chi connectivity index (χ0n) is 19.5. The van der Waals surface area contributed by atoms with Crippen molar-refractivity contribution in [2.45, 2.75) is 53.1 Å². The van der Waals surface area contributed by atoms with E-state index in [1.54, 1.807) is 7.11 Å². The maximum absolute atomic E-state index is 12.1. The first-order valence-electron chi connectivity index (χ1n) is 11.2. The molecule has 0 saturated carbocycles. The molecule has 0 aliphatic rings. The summed E-state index contributed by atoms with van der Waals surface area (Å²) in [4.78, 5) is 27.0. The van der Waals surface area contributed by atoms with Crippen molar-refractivity contribution in [2.75, 3.05) is 53.0 Å². The fraction of sp³-hybridized carbons (Fsp3) is 0.667. The van der Waals surface area contributed by atoms with Gasteiger partial charge in [-0.2, -0.15) is 0 Å². The monoisotopic (exact) mass is 422 g/mol. The van der Waals surface area contributed by atoms with E-state index in [1.165, 1.54) is 12.8 Å². The number of esters is 1. The zero-order chi connectivity index (χ0) is 22.5. The summed E-state index contributed by atoms with van der Waals surface area (Å²) in [6.07, 6.45) is 5.35. The van der Waals surface area contributed by atoms with Crippen LogP contribution >= 0.6 is 0 Å². The molecule has 0 N–H and O–H groups in total. The number of benzene rings is 1. The summed E-state index contributed by atoms with van der Waals surface area (Å²) in [6, 6.07) is 9.69. The van der Waals surface area contributed by atoms with Gasteiger partial charge in [0.15, 0.2) is 0 Å². The molecule has 0 saturated heterocycles. The van der Waals surface area contributed by atoms with Gasteiger partial charge in [-0.05, 0) is 37.9 Å². The molecule has 1 aromatic carbocycles. The lowest BCUT2D eigenvalue weighted by Gasteiger charge is -2.25. The lowest BCUT2D eigenvalue weighted by molar-refractivity contribution is -0.146. The second-order valence-corrected chi connectivity index (χ2v) is 7.24. The molecular formula is C24H42N2O4. The summed E-state index contributed by atoms with van der Waals surface area (Å²) in [5, 5.41) is 0. The number of hydrogen-bond donors (Lipinski definition) is 0. The molecule has 1 rings (SSSR count). The molecule has 0 radical (unpaired) electrons. The molecule has 0 heterocycles. The van der Waals surface area contributed by atoms with Gasteiger partial charge in [-0.25, -0.2) is 0 Å². The lowest BCUT2D eigenvalue weighted by Crippen LogP contribution is -2.39. The minimum atomic E-state index is -0.204. The molecule has 0 aromatic heterocycles. The van der Waals surface area contributed by atoms with Gasteiger partial charge in [0.2, 0.25) is 0 Å². The summed E-state index contributed by atoms with van der Waals surface area (Å²) >= 11 is 0. The van der Waals surface area contributed by atoms with Crippen LogP contribution in [-0.2, 0) is 25.7 Å². The Bertz CT molecular complexity index is 521. The van der Waals surface area contributed by atoms with Crippen molar-refractivity contribution in [3.05, 3.63) is 35.9 Å². The van der Waals surface area contributed by atoms with E-state index in [0.717, 1.165) is 57.5 Å². The Balaban J connectivity index is 0.00000122. The number of ether oxygens (including phenoxy) is 2. The van der Waals surface area contributed by atoms with Crippen LogP contribution in [0.5, 0.6) is 0 Å². The smallest absolute Gasteiger partial charge is 0.320 e. The topological polar surface area (TPSA) is 59.1 Å². The number of rotatable bonds is 16. The number of methoxy groups -OCH3 is 1. The van der Waals surface area contributed by atoms with Gasteiger partial charge in [0.25, 0.3) is 0 Å². The Morgan fingerprint density at radius 2 is 1.57 bits per heavy atom. The number of nitrogens with zero attached hydrogens (tertiary/aromatic N) is 2. The minimum absolute atomic E-state index is 0.204. The van der Waals surface area contributed by atoms with E-state index in [-0.39, 0.29) is 5.97 Å². The van der Waals surface area contributed by atoms with Gasteiger partial charge in [0, 0.05) is 26.8 Å². The van der Waals surface area contributed by atoms with Crippen molar-refractivity contribution in [1.29, 1.82) is 0 Å². The fourth-order valence-electron chi connectivity index (χ4n) is 2.84. The minimum Gasteiger partial charge on any atom is -0.460 e. The highest BCUT2D eigenvalue weighted by Crippen LogP contribution is 2.02. The molecule has 0 aliphatic carbocycles. The molecule has 1 aromatic rings. The fourth-order valence-corrected chi connectivity index (χ4v) is 2.84. The van der Waals surface area contributed by atoms with Gasteiger partial charge in [-0.1, -0.05) is 57.5 Å². The third kappa shape index (κ3) is 16.1. The lowest BCUT2D eigenvalue weighted by atomic mass is 10.2. The van der Waals surface area contributed by atoms with E-state index in [2.05, 4.69) is 30.6 Å². The summed E-state index contributed by atoms with van der Waals surface area (Å²) in [6.45, 7) is 11.6. The molecule has 172 valence electrons. The highest BCUT2D eigenvalue weighted by atomic mass is 16.5. The summed E-state index contributed by atoms with van der Waals surface area (Å²) < 4.78 is 10.1. The van der Waals surface area contributed by atoms with E-state index < -0.39 is 0 Å². The SMILES string of the molecule is CCCCOC.CCCN(CC=O)CCN(CCC)CC(=O)OCc1ccccc1. The number of carbonyl (C=O) groups is 2. The standard InChI is InChI=1S/C19H30N2O3.C5H12O/c1-3-10-20(14-15-22)12-13-21(11-4-2)16-19(23)24-17-18-8-6-5-7-9-18;1-3-4-5-6-2/h5-9,15H,3-4,10-14,16-17H2,1-2H3;3-5H2,1-2H3. The van der Waals surface area contributed by atoms with Crippen LogP contribution in [0, 0.1) is 0 Å². The molecule has 30 heavy (non-hydrogen) atoms. The van der Waals surface area contributed by atoms with E-state index in [1.807, 2.05) is 30.3 Å². The Morgan fingerprint density at radius 1 is 0.933 bits per heavy atom. The van der Waals surface area contributed by atoms with Crippen molar-refractivity contribution in [2.24, 2.45) is 0 Å². The van der Waals surface area contributed by atoms with Crippen LogP contribution in [0.3, 0.4) is 0 Å². The normalized spacial score (nSPS) is 10.6. The summed E-state index contributed by atoms with van der Waals surface area (Å²) in [5.74, 6) is -0.204. The van der Waals surface area contributed by atoms with Gasteiger partial charge < -0.3 is 14.3 Å². The van der Waals surface area contributed by atoms with Crippen LogP contribution in [-0.4, -0.2) is 75.0 Å². The van der Waals surface area contributed by atoms with Gasteiger partial charge in [0.1, 0.15) is 12.9 Å². The number of hydrogen-bond acceptors (Lipinski definition) is 6. The predicted molar refractivity (Wildman–Crippen MR) is 123 cm³/mol. The van der Waals surface area contributed by atoms with E-state index >= 15 is 0 Å². The van der Waals surface area contributed by atoms with Crippen LogP contribution in [0.2, 0.25) is 0 Å². The van der Waals surface area contributed by atoms with Crippen molar-refractivity contribution >= 4 is 12.3 Å². The first-order chi connectivity index (χ1) is 14.6. The second kappa shape index (κ2) is 20.5.